The number of amides is 5. The van der Waals surface area contributed by atoms with E-state index in [1.807, 2.05) is 17.5 Å². The second kappa shape index (κ2) is 9.10. The van der Waals surface area contributed by atoms with Gasteiger partial charge in [0.25, 0.3) is 5.91 Å². The summed E-state index contributed by atoms with van der Waals surface area (Å²) in [7, 11) is 0. The van der Waals surface area contributed by atoms with Crippen molar-refractivity contribution in [2.75, 3.05) is 26.4 Å². The van der Waals surface area contributed by atoms with Crippen LogP contribution in [-0.4, -0.2) is 60.0 Å². The molecule has 1 aromatic heterocycles. The Morgan fingerprint density at radius 2 is 2.03 bits per heavy atom. The van der Waals surface area contributed by atoms with Gasteiger partial charge in [-0.1, -0.05) is 12.1 Å². The van der Waals surface area contributed by atoms with Crippen LogP contribution >= 0.6 is 11.3 Å². The van der Waals surface area contributed by atoms with Crippen molar-refractivity contribution in [1.82, 2.24) is 20.4 Å². The highest BCUT2D eigenvalue weighted by Gasteiger charge is 2.50. The fourth-order valence-electron chi connectivity index (χ4n) is 3.68. The predicted molar refractivity (Wildman–Crippen MR) is 119 cm³/mol. The molecule has 174 valence electrons. The maximum absolute atomic E-state index is 13.2. The molecule has 1 unspecified atom stereocenters. The largest absolute Gasteiger partial charge is 0.454 e. The number of nitrogens with zero attached hydrogens (tertiary/aromatic N) is 2. The number of benzene rings is 1. The summed E-state index contributed by atoms with van der Waals surface area (Å²) < 4.78 is 10.7. The average Bonchev–Trinajstić information content (AvgIpc) is 3.53. The van der Waals surface area contributed by atoms with E-state index in [1.54, 1.807) is 32.0 Å². The van der Waals surface area contributed by atoms with Gasteiger partial charge in [0, 0.05) is 11.4 Å². The molecular formula is C22H24N4O6S. The first-order valence-electron chi connectivity index (χ1n) is 10.4. The van der Waals surface area contributed by atoms with E-state index >= 15 is 0 Å². The van der Waals surface area contributed by atoms with Gasteiger partial charge in [-0.05, 0) is 43.0 Å². The normalized spacial score (nSPS) is 18.9. The van der Waals surface area contributed by atoms with Crippen LogP contribution in [0.5, 0.6) is 11.5 Å². The molecule has 2 aliphatic heterocycles. The maximum atomic E-state index is 13.2. The molecule has 4 rings (SSSR count). The molecule has 1 aromatic carbocycles. The van der Waals surface area contributed by atoms with Crippen molar-refractivity contribution in [2.24, 2.45) is 0 Å². The SMILES string of the molecule is CCN(CC(=O)NCc1cccs1)C(=O)CN1C(=O)NC(C)(c2ccc3c(c2)OCO3)C1=O. The van der Waals surface area contributed by atoms with Gasteiger partial charge in [0.2, 0.25) is 18.6 Å². The minimum absolute atomic E-state index is 0.0875. The lowest BCUT2D eigenvalue weighted by molar-refractivity contribution is -0.140. The fourth-order valence-corrected chi connectivity index (χ4v) is 4.33. The number of hydrogen-bond donors (Lipinski definition) is 2. The average molecular weight is 473 g/mol. The van der Waals surface area contributed by atoms with Gasteiger partial charge in [0.15, 0.2) is 11.5 Å². The highest BCUT2D eigenvalue weighted by molar-refractivity contribution is 7.09. The number of ether oxygens (including phenoxy) is 2. The number of imide groups is 1. The van der Waals surface area contributed by atoms with Crippen LogP contribution in [0.15, 0.2) is 35.7 Å². The molecule has 0 aliphatic carbocycles. The highest BCUT2D eigenvalue weighted by atomic mass is 32.1. The smallest absolute Gasteiger partial charge is 0.325 e. The summed E-state index contributed by atoms with van der Waals surface area (Å²) in [6.07, 6.45) is 0. The molecule has 10 nitrogen and oxygen atoms in total. The van der Waals surface area contributed by atoms with Crippen molar-refractivity contribution < 1.29 is 28.7 Å². The van der Waals surface area contributed by atoms with Gasteiger partial charge in [0.05, 0.1) is 13.1 Å². The van der Waals surface area contributed by atoms with Crippen molar-refractivity contribution in [2.45, 2.75) is 25.9 Å². The van der Waals surface area contributed by atoms with Crippen molar-refractivity contribution in [3.63, 3.8) is 0 Å². The first-order valence-corrected chi connectivity index (χ1v) is 11.3. The number of nitrogens with one attached hydrogen (secondary N) is 2. The number of rotatable bonds is 8. The van der Waals surface area contributed by atoms with E-state index in [0.717, 1.165) is 9.78 Å². The Hall–Kier alpha value is -3.60. The van der Waals surface area contributed by atoms with Gasteiger partial charge in [0.1, 0.15) is 12.1 Å². The molecule has 2 N–H and O–H groups in total. The molecule has 0 spiro atoms. The molecular weight excluding hydrogens is 448 g/mol. The van der Waals surface area contributed by atoms with Crippen LogP contribution in [0, 0.1) is 0 Å². The Morgan fingerprint density at radius 1 is 1.24 bits per heavy atom. The Labute approximate surface area is 194 Å². The lowest BCUT2D eigenvalue weighted by Gasteiger charge is -2.24. The minimum Gasteiger partial charge on any atom is -0.454 e. The molecule has 1 saturated heterocycles. The van der Waals surface area contributed by atoms with Crippen LogP contribution in [0.2, 0.25) is 0 Å². The molecule has 1 atom stereocenters. The van der Waals surface area contributed by atoms with E-state index in [-0.39, 0.29) is 25.8 Å². The van der Waals surface area contributed by atoms with E-state index in [9.17, 15) is 19.2 Å². The first-order chi connectivity index (χ1) is 15.8. The number of carbonyl (C=O) groups is 4. The molecule has 2 aliphatic rings. The first kappa shape index (κ1) is 22.6. The van der Waals surface area contributed by atoms with Crippen LogP contribution in [-0.2, 0) is 26.5 Å². The summed E-state index contributed by atoms with van der Waals surface area (Å²) in [5, 5.41) is 7.35. The van der Waals surface area contributed by atoms with Gasteiger partial charge in [-0.25, -0.2) is 4.79 Å². The zero-order valence-electron chi connectivity index (χ0n) is 18.3. The number of urea groups is 1. The zero-order valence-corrected chi connectivity index (χ0v) is 19.1. The number of likely N-dealkylation sites (N-methyl/N-ethyl adjacent to an activating group) is 1. The second-order valence-corrected chi connectivity index (χ2v) is 8.81. The quantitative estimate of drug-likeness (QED) is 0.561. The Kier molecular flexibility index (Phi) is 6.23. The Morgan fingerprint density at radius 3 is 2.76 bits per heavy atom. The van der Waals surface area contributed by atoms with Crippen molar-refractivity contribution in [3.05, 3.63) is 46.2 Å². The van der Waals surface area contributed by atoms with Crippen molar-refractivity contribution in [1.29, 1.82) is 0 Å². The van der Waals surface area contributed by atoms with Crippen LogP contribution in [0.25, 0.3) is 0 Å². The lowest BCUT2D eigenvalue weighted by atomic mass is 9.91. The Bertz CT molecular complexity index is 1090. The molecule has 11 heteroatoms. The third-order valence-corrected chi connectivity index (χ3v) is 6.50. The summed E-state index contributed by atoms with van der Waals surface area (Å²) >= 11 is 1.52. The van der Waals surface area contributed by atoms with E-state index < -0.39 is 29.9 Å². The van der Waals surface area contributed by atoms with Gasteiger partial charge in [-0.2, -0.15) is 0 Å². The number of carbonyl (C=O) groups excluding carboxylic acids is 4. The van der Waals surface area contributed by atoms with Crippen molar-refractivity contribution in [3.8, 4) is 11.5 Å². The fraction of sp³-hybridized carbons (Fsp3) is 0.364. The van der Waals surface area contributed by atoms with Crippen LogP contribution < -0.4 is 20.1 Å². The second-order valence-electron chi connectivity index (χ2n) is 7.78. The summed E-state index contributed by atoms with van der Waals surface area (Å²) in [6, 6.07) is 8.11. The third-order valence-electron chi connectivity index (χ3n) is 5.63. The molecule has 2 aromatic rings. The van der Waals surface area contributed by atoms with Gasteiger partial charge >= 0.3 is 6.03 Å². The lowest BCUT2D eigenvalue weighted by Crippen LogP contribution is -2.47. The summed E-state index contributed by atoms with van der Waals surface area (Å²) in [4.78, 5) is 54.0. The van der Waals surface area contributed by atoms with E-state index in [1.165, 1.54) is 16.2 Å². The highest BCUT2D eigenvalue weighted by Crippen LogP contribution is 2.37. The van der Waals surface area contributed by atoms with E-state index in [0.29, 0.717) is 23.6 Å². The molecule has 0 bridgehead atoms. The summed E-state index contributed by atoms with van der Waals surface area (Å²) in [5.74, 6) is -0.334. The van der Waals surface area contributed by atoms with Crippen molar-refractivity contribution >= 4 is 35.1 Å². The predicted octanol–water partition coefficient (Wildman–Crippen LogP) is 1.41. The monoisotopic (exact) mass is 472 g/mol. The van der Waals surface area contributed by atoms with E-state index in [2.05, 4.69) is 10.6 Å². The van der Waals surface area contributed by atoms with Crippen LogP contribution in [0.3, 0.4) is 0 Å². The molecule has 5 amide bonds. The molecule has 3 heterocycles. The number of thiophene rings is 1. The number of hydrogen-bond acceptors (Lipinski definition) is 7. The molecule has 0 saturated carbocycles. The molecule has 0 radical (unpaired) electrons. The van der Waals surface area contributed by atoms with Crippen LogP contribution in [0.1, 0.15) is 24.3 Å². The zero-order chi connectivity index (χ0) is 23.6. The third kappa shape index (κ3) is 4.49. The topological polar surface area (TPSA) is 117 Å². The molecule has 1 fully saturated rings. The van der Waals surface area contributed by atoms with Crippen LogP contribution in [0.4, 0.5) is 4.79 Å². The molecule has 33 heavy (non-hydrogen) atoms. The summed E-state index contributed by atoms with van der Waals surface area (Å²) in [5.41, 5.74) is -0.839. The van der Waals surface area contributed by atoms with Gasteiger partial charge in [-0.3, -0.25) is 19.3 Å². The minimum atomic E-state index is -1.35. The summed E-state index contributed by atoms with van der Waals surface area (Å²) in [6.45, 7) is 3.40. The van der Waals surface area contributed by atoms with Gasteiger partial charge < -0.3 is 25.0 Å². The van der Waals surface area contributed by atoms with Gasteiger partial charge in [-0.15, -0.1) is 11.3 Å². The van der Waals surface area contributed by atoms with E-state index in [4.69, 9.17) is 9.47 Å². The maximum Gasteiger partial charge on any atom is 0.325 e. The Balaban J connectivity index is 1.40. The number of fused-ring (bicyclic) bond motifs is 1. The standard InChI is InChI=1S/C22H24N4O6S/c1-3-25(11-18(27)23-10-15-5-4-8-33-15)19(28)12-26-20(29)22(2,24-21(26)30)14-6-7-16-17(9-14)32-13-31-16/h4-9H,3,10-13H2,1-2H3,(H,23,27)(H,24,30).